The van der Waals surface area contributed by atoms with Crippen LogP contribution in [-0.2, 0) is 6.54 Å². The van der Waals surface area contributed by atoms with E-state index in [0.29, 0.717) is 6.54 Å². The van der Waals surface area contributed by atoms with Crippen molar-refractivity contribution in [2.24, 2.45) is 4.99 Å². The van der Waals surface area contributed by atoms with Crippen LogP contribution in [0, 0.1) is 6.92 Å². The molecule has 0 bridgehead atoms. The first-order chi connectivity index (χ1) is 10.2. The Morgan fingerprint density at radius 1 is 1.32 bits per heavy atom. The van der Waals surface area contributed by atoms with Crippen LogP contribution in [0.15, 0.2) is 40.8 Å². The number of nitrogens with one attached hydrogen (secondary N) is 2. The van der Waals surface area contributed by atoms with Gasteiger partial charge >= 0.3 is 0 Å². The summed E-state index contributed by atoms with van der Waals surface area (Å²) in [6.45, 7) is 7.74. The van der Waals surface area contributed by atoms with Crippen LogP contribution < -0.4 is 10.6 Å². The van der Waals surface area contributed by atoms with Crippen molar-refractivity contribution in [3.05, 3.63) is 52.0 Å². The summed E-state index contributed by atoms with van der Waals surface area (Å²) < 4.78 is 0. The van der Waals surface area contributed by atoms with Crippen LogP contribution in [-0.4, -0.2) is 17.5 Å². The highest BCUT2D eigenvalue weighted by molar-refractivity contribution is 14.0. The molecule has 0 fully saturated rings. The van der Waals surface area contributed by atoms with Gasteiger partial charge in [0.1, 0.15) is 0 Å². The van der Waals surface area contributed by atoms with Gasteiger partial charge in [0.15, 0.2) is 5.96 Å². The number of halogens is 1. The normalized spacial score (nSPS) is 12.4. The Hall–Kier alpha value is -1.15. The van der Waals surface area contributed by atoms with Crippen LogP contribution in [0.25, 0.3) is 0 Å². The predicted molar refractivity (Wildman–Crippen MR) is 105 cm³/mol. The van der Waals surface area contributed by atoms with Gasteiger partial charge in [0.05, 0.1) is 23.8 Å². The van der Waals surface area contributed by atoms with E-state index in [1.807, 2.05) is 18.5 Å². The molecule has 1 aromatic carbocycles. The first kappa shape index (κ1) is 18.9. The summed E-state index contributed by atoms with van der Waals surface area (Å²) in [5.74, 6) is 0.835. The first-order valence-corrected chi connectivity index (χ1v) is 8.07. The average Bonchev–Trinajstić information content (AvgIpc) is 2.91. The second-order valence-electron chi connectivity index (χ2n) is 4.83. The highest BCUT2D eigenvalue weighted by Gasteiger charge is 2.07. The molecule has 6 heteroatoms. The summed E-state index contributed by atoms with van der Waals surface area (Å²) >= 11 is 1.65. The second-order valence-corrected chi connectivity index (χ2v) is 5.77. The smallest absolute Gasteiger partial charge is 0.192 e. The van der Waals surface area contributed by atoms with Gasteiger partial charge in [0.2, 0.25) is 0 Å². The Morgan fingerprint density at radius 2 is 2.05 bits per heavy atom. The fourth-order valence-corrected chi connectivity index (χ4v) is 2.68. The van der Waals surface area contributed by atoms with E-state index in [0.717, 1.165) is 18.2 Å². The van der Waals surface area contributed by atoms with Crippen molar-refractivity contribution < 1.29 is 0 Å². The van der Waals surface area contributed by atoms with Gasteiger partial charge in [-0.2, -0.15) is 0 Å². The Bertz CT molecular complexity index is 583. The van der Waals surface area contributed by atoms with Crippen molar-refractivity contribution in [2.75, 3.05) is 6.54 Å². The van der Waals surface area contributed by atoms with E-state index in [1.54, 1.807) is 11.3 Å². The average molecular weight is 430 g/mol. The van der Waals surface area contributed by atoms with Crippen molar-refractivity contribution in [3.8, 4) is 0 Å². The van der Waals surface area contributed by atoms with Gasteiger partial charge in [0, 0.05) is 11.4 Å². The lowest BCUT2D eigenvalue weighted by molar-refractivity contribution is 0.686. The zero-order valence-electron chi connectivity index (χ0n) is 13.2. The van der Waals surface area contributed by atoms with E-state index < -0.39 is 0 Å². The van der Waals surface area contributed by atoms with Crippen molar-refractivity contribution in [1.82, 2.24) is 15.6 Å². The zero-order chi connectivity index (χ0) is 15.1. The predicted octanol–water partition coefficient (Wildman–Crippen LogP) is 3.89. The number of thiazole rings is 1. The minimum Gasteiger partial charge on any atom is -0.357 e. The van der Waals surface area contributed by atoms with Gasteiger partial charge in [-0.3, -0.25) is 0 Å². The van der Waals surface area contributed by atoms with E-state index in [2.05, 4.69) is 58.7 Å². The Balaban J connectivity index is 0.00000242. The van der Waals surface area contributed by atoms with Crippen molar-refractivity contribution >= 4 is 41.3 Å². The molecule has 22 heavy (non-hydrogen) atoms. The van der Waals surface area contributed by atoms with Crippen LogP contribution in [0.3, 0.4) is 0 Å². The molecule has 0 amide bonds. The molecule has 0 saturated carbocycles. The standard InChI is InChI=1S/C16H22N4S.HI/c1-4-17-16(18-10-15-13(3)19-11-21-15)20-12(2)14-8-6-5-7-9-14;/h5-9,11-12H,4,10H2,1-3H3,(H2,17,18,20);1H. The van der Waals surface area contributed by atoms with Gasteiger partial charge < -0.3 is 10.6 Å². The number of hydrogen-bond acceptors (Lipinski definition) is 3. The Kier molecular flexibility index (Phi) is 8.40. The second kappa shape index (κ2) is 9.78. The van der Waals surface area contributed by atoms with Gasteiger partial charge in [-0.05, 0) is 26.3 Å². The van der Waals surface area contributed by atoms with E-state index in [9.17, 15) is 0 Å². The third kappa shape index (κ3) is 5.57. The summed E-state index contributed by atoms with van der Waals surface area (Å²) in [5, 5.41) is 6.73. The van der Waals surface area contributed by atoms with Crippen LogP contribution >= 0.6 is 35.3 Å². The molecule has 0 aliphatic heterocycles. The molecule has 1 unspecified atom stereocenters. The lowest BCUT2D eigenvalue weighted by Gasteiger charge is -2.18. The van der Waals surface area contributed by atoms with Crippen molar-refractivity contribution in [3.63, 3.8) is 0 Å². The lowest BCUT2D eigenvalue weighted by atomic mass is 10.1. The van der Waals surface area contributed by atoms with Gasteiger partial charge in [0.25, 0.3) is 0 Å². The quantitative estimate of drug-likeness (QED) is 0.430. The highest BCUT2D eigenvalue weighted by Crippen LogP contribution is 2.14. The Morgan fingerprint density at radius 3 is 2.64 bits per heavy atom. The summed E-state index contributed by atoms with van der Waals surface area (Å²) in [4.78, 5) is 10.1. The molecule has 1 heterocycles. The van der Waals surface area contributed by atoms with E-state index in [4.69, 9.17) is 0 Å². The number of nitrogens with zero attached hydrogens (tertiary/aromatic N) is 2. The van der Waals surface area contributed by atoms with E-state index in [1.165, 1.54) is 10.4 Å². The zero-order valence-corrected chi connectivity index (χ0v) is 16.3. The van der Waals surface area contributed by atoms with Crippen LogP contribution in [0.1, 0.15) is 36.0 Å². The minimum absolute atomic E-state index is 0. The van der Waals surface area contributed by atoms with Crippen LogP contribution in [0.5, 0.6) is 0 Å². The maximum atomic E-state index is 4.65. The summed E-state index contributed by atoms with van der Waals surface area (Å²) in [5.41, 5.74) is 4.18. The third-order valence-electron chi connectivity index (χ3n) is 3.22. The third-order valence-corrected chi connectivity index (χ3v) is 4.14. The number of aromatic nitrogens is 1. The largest absolute Gasteiger partial charge is 0.357 e. The number of guanidine groups is 1. The van der Waals surface area contributed by atoms with Gasteiger partial charge in [-0.1, -0.05) is 30.3 Å². The Labute approximate surface area is 153 Å². The number of aryl methyl sites for hydroxylation is 1. The number of aliphatic imine (C=N–C) groups is 1. The summed E-state index contributed by atoms with van der Waals surface area (Å²) in [6, 6.07) is 10.6. The fraction of sp³-hybridized carbons (Fsp3) is 0.375. The molecule has 1 atom stereocenters. The van der Waals surface area contributed by atoms with Crippen LogP contribution in [0.4, 0.5) is 0 Å². The maximum Gasteiger partial charge on any atom is 0.192 e. The molecule has 4 nitrogen and oxygen atoms in total. The van der Waals surface area contributed by atoms with Crippen LogP contribution in [0.2, 0.25) is 0 Å². The lowest BCUT2D eigenvalue weighted by Crippen LogP contribution is -2.38. The molecule has 0 spiro atoms. The molecule has 2 rings (SSSR count). The van der Waals surface area contributed by atoms with Crippen molar-refractivity contribution in [1.29, 1.82) is 0 Å². The number of rotatable bonds is 5. The number of hydrogen-bond donors (Lipinski definition) is 2. The molecular weight excluding hydrogens is 407 g/mol. The maximum absolute atomic E-state index is 4.65. The fourth-order valence-electron chi connectivity index (χ4n) is 1.98. The van der Waals surface area contributed by atoms with Crippen molar-refractivity contribution in [2.45, 2.75) is 33.4 Å². The molecule has 2 N–H and O–H groups in total. The first-order valence-electron chi connectivity index (χ1n) is 7.19. The molecule has 1 aromatic heterocycles. The van der Waals surface area contributed by atoms with E-state index in [-0.39, 0.29) is 30.0 Å². The number of benzene rings is 1. The molecular formula is C16H23IN4S. The molecule has 2 aromatic rings. The minimum atomic E-state index is 0. The molecule has 0 saturated heterocycles. The van der Waals surface area contributed by atoms with E-state index >= 15 is 0 Å². The topological polar surface area (TPSA) is 49.3 Å². The molecule has 0 aliphatic rings. The molecule has 0 aliphatic carbocycles. The summed E-state index contributed by atoms with van der Waals surface area (Å²) in [7, 11) is 0. The van der Waals surface area contributed by atoms with Gasteiger partial charge in [-0.15, -0.1) is 35.3 Å². The summed E-state index contributed by atoms with van der Waals surface area (Å²) in [6.07, 6.45) is 0. The monoisotopic (exact) mass is 430 g/mol. The SMILES string of the molecule is CCNC(=NCc1scnc1C)NC(C)c1ccccc1.I. The van der Waals surface area contributed by atoms with Gasteiger partial charge in [-0.25, -0.2) is 9.98 Å². The molecule has 120 valence electrons. The highest BCUT2D eigenvalue weighted by atomic mass is 127. The molecule has 0 radical (unpaired) electrons.